The van der Waals surface area contributed by atoms with Crippen molar-refractivity contribution in [2.45, 2.75) is 38.5 Å². The van der Waals surface area contributed by atoms with E-state index in [2.05, 4.69) is 349 Å². The number of fused-ring (bicyclic) bond motifs is 19. The van der Waals surface area contributed by atoms with E-state index in [1.54, 1.807) is 0 Å². The Labute approximate surface area is 565 Å². The Morgan fingerprint density at radius 2 is 0.571 bits per heavy atom. The molecule has 460 valence electrons. The van der Waals surface area contributed by atoms with E-state index in [0.29, 0.717) is 5.82 Å². The van der Waals surface area contributed by atoms with Gasteiger partial charge in [-0.15, -0.1) is 0 Å². The molecule has 0 fully saturated rings. The standard InChI is InChI=1S/C92H62N6/c1-91(2)76-29-12-5-22-63(76)65-42-40-61(53-78(65)91)96-82-33-16-9-25-68(82)73-50-56(37-45-86(73)96)55-36-44-85-72(49-55)67-24-8-15-32-81(67)95(85)60-21-19-20-59(48-60)89-93-80-31-14-7-28-71(80)90(94-89)98-84-35-18-11-27-70(84)75-52-58(39-47-88(75)98)57-38-46-87-74(51-57)69-26-10-17-34-83(69)97(87)62-41-43-66-64-23-6-13-30-77(64)92(3,4)79(66)54-62/h5-54H,1-4H3. The maximum Gasteiger partial charge on any atom is 0.162 e. The lowest BCUT2D eigenvalue weighted by atomic mass is 9.82. The first-order chi connectivity index (χ1) is 48.1. The molecule has 0 saturated heterocycles. The van der Waals surface area contributed by atoms with E-state index >= 15 is 0 Å². The maximum atomic E-state index is 5.64. The van der Waals surface area contributed by atoms with E-state index in [9.17, 15) is 0 Å². The monoisotopic (exact) mass is 1250 g/mol. The van der Waals surface area contributed by atoms with Crippen molar-refractivity contribution in [1.29, 1.82) is 0 Å². The normalized spacial score (nSPS) is 13.7. The Morgan fingerprint density at radius 1 is 0.224 bits per heavy atom. The highest BCUT2D eigenvalue weighted by atomic mass is 15.1. The van der Waals surface area contributed by atoms with Gasteiger partial charge in [0.1, 0.15) is 5.82 Å². The van der Waals surface area contributed by atoms with Crippen molar-refractivity contribution >= 4 is 98.1 Å². The molecule has 0 spiro atoms. The first-order valence-corrected chi connectivity index (χ1v) is 34.1. The fraction of sp³-hybridized carbons (Fsp3) is 0.0652. The van der Waals surface area contributed by atoms with Gasteiger partial charge in [-0.1, -0.05) is 210 Å². The number of hydrogen-bond acceptors (Lipinski definition) is 2. The zero-order valence-electron chi connectivity index (χ0n) is 54.6. The lowest BCUT2D eigenvalue weighted by Gasteiger charge is -2.22. The van der Waals surface area contributed by atoms with Gasteiger partial charge in [0.05, 0.1) is 49.7 Å². The molecule has 98 heavy (non-hydrogen) atoms. The smallest absolute Gasteiger partial charge is 0.162 e. The fourth-order valence-electron chi connectivity index (χ4n) is 17.5. The van der Waals surface area contributed by atoms with Crippen LogP contribution in [0.4, 0.5) is 0 Å². The molecule has 5 heterocycles. The first-order valence-electron chi connectivity index (χ1n) is 34.1. The van der Waals surface area contributed by atoms with Gasteiger partial charge in [-0.3, -0.25) is 4.57 Å². The Balaban J connectivity index is 0.648. The molecule has 6 heteroatoms. The molecular formula is C92H62N6. The van der Waals surface area contributed by atoms with Gasteiger partial charge in [0.25, 0.3) is 0 Å². The molecule has 2 aliphatic rings. The van der Waals surface area contributed by atoms with Gasteiger partial charge in [0, 0.05) is 81.9 Å². The van der Waals surface area contributed by atoms with Crippen LogP contribution in [-0.4, -0.2) is 28.2 Å². The van der Waals surface area contributed by atoms with E-state index in [1.807, 2.05) is 0 Å². The van der Waals surface area contributed by atoms with Crippen LogP contribution in [0.5, 0.6) is 0 Å². The van der Waals surface area contributed by atoms with Crippen LogP contribution in [-0.2, 0) is 10.8 Å². The third kappa shape index (κ3) is 7.68. The van der Waals surface area contributed by atoms with Crippen molar-refractivity contribution in [3.8, 4) is 78.8 Å². The first kappa shape index (κ1) is 55.0. The van der Waals surface area contributed by atoms with Gasteiger partial charge in [-0.05, 0) is 188 Å². The summed E-state index contributed by atoms with van der Waals surface area (Å²) in [5, 5.41) is 10.6. The van der Waals surface area contributed by atoms with E-state index in [0.717, 1.165) is 61.0 Å². The molecule has 0 bridgehead atoms. The number of hydrogen-bond donors (Lipinski definition) is 0. The molecule has 14 aromatic carbocycles. The lowest BCUT2D eigenvalue weighted by molar-refractivity contribution is 0.660. The highest BCUT2D eigenvalue weighted by Gasteiger charge is 2.37. The van der Waals surface area contributed by atoms with Crippen molar-refractivity contribution < 1.29 is 0 Å². The second-order valence-corrected chi connectivity index (χ2v) is 28.1. The van der Waals surface area contributed by atoms with Crippen LogP contribution in [0.3, 0.4) is 0 Å². The van der Waals surface area contributed by atoms with Crippen molar-refractivity contribution in [2.24, 2.45) is 0 Å². The average Bonchev–Trinajstić information content (AvgIpc) is 1.55. The van der Waals surface area contributed by atoms with Crippen molar-refractivity contribution in [3.05, 3.63) is 326 Å². The fourth-order valence-corrected chi connectivity index (χ4v) is 17.5. The molecule has 2 aliphatic carbocycles. The van der Waals surface area contributed by atoms with Crippen LogP contribution in [0.25, 0.3) is 177 Å². The second-order valence-electron chi connectivity index (χ2n) is 28.1. The Morgan fingerprint density at radius 3 is 1.02 bits per heavy atom. The zero-order valence-corrected chi connectivity index (χ0v) is 54.6. The summed E-state index contributed by atoms with van der Waals surface area (Å²) in [5.74, 6) is 1.50. The van der Waals surface area contributed by atoms with E-state index in [1.165, 1.54) is 132 Å². The third-order valence-electron chi connectivity index (χ3n) is 22.2. The Kier molecular flexibility index (Phi) is 11.3. The molecule has 6 nitrogen and oxygen atoms in total. The quantitative estimate of drug-likeness (QED) is 0.160. The van der Waals surface area contributed by atoms with Crippen LogP contribution in [0.15, 0.2) is 303 Å². The van der Waals surface area contributed by atoms with Gasteiger partial charge in [0.2, 0.25) is 0 Å². The topological polar surface area (TPSA) is 45.5 Å². The van der Waals surface area contributed by atoms with Gasteiger partial charge < -0.3 is 13.7 Å². The molecule has 21 rings (SSSR count). The highest BCUT2D eigenvalue weighted by Crippen LogP contribution is 2.52. The summed E-state index contributed by atoms with van der Waals surface area (Å²) in [6.45, 7) is 9.44. The van der Waals surface area contributed by atoms with Crippen molar-refractivity contribution in [2.75, 3.05) is 0 Å². The summed E-state index contributed by atoms with van der Waals surface area (Å²) in [7, 11) is 0. The Bertz CT molecular complexity index is 6700. The SMILES string of the molecule is CC1(C)c2ccccc2-c2ccc(-n3c4ccccc4c4cc(-c5ccc6c(c5)c5ccccc5n6-c5cccc(-c6nc(-n7c8ccccc8c8cc(-c9ccc%10c(c9)c9ccccc9n%10-c9ccc%10c(c9)C(C)(C)c9ccccc9-%10)ccc87)c7ccccc7n6)c5)ccc43)cc21. The zero-order chi connectivity index (χ0) is 64.9. The van der Waals surface area contributed by atoms with Gasteiger partial charge >= 0.3 is 0 Å². The van der Waals surface area contributed by atoms with Crippen LogP contribution in [0.2, 0.25) is 0 Å². The second kappa shape index (κ2) is 20.1. The number of nitrogens with zero attached hydrogens (tertiary/aromatic N) is 6. The van der Waals surface area contributed by atoms with Gasteiger partial charge in [-0.25, -0.2) is 9.97 Å². The summed E-state index contributed by atoms with van der Waals surface area (Å²) in [6.07, 6.45) is 0. The number of aromatic nitrogens is 6. The maximum absolute atomic E-state index is 5.64. The average molecular weight is 1250 g/mol. The molecule has 19 aromatic rings. The molecule has 0 saturated carbocycles. The summed E-state index contributed by atoms with van der Waals surface area (Å²) in [4.78, 5) is 11.0. The van der Waals surface area contributed by atoms with Gasteiger partial charge in [-0.2, -0.15) is 0 Å². The molecule has 0 radical (unpaired) electrons. The number of para-hydroxylation sites is 5. The molecule has 0 N–H and O–H groups in total. The van der Waals surface area contributed by atoms with Crippen LogP contribution in [0, 0.1) is 0 Å². The van der Waals surface area contributed by atoms with Crippen LogP contribution < -0.4 is 0 Å². The third-order valence-corrected chi connectivity index (χ3v) is 22.2. The minimum absolute atomic E-state index is 0.0965. The minimum atomic E-state index is -0.100. The predicted octanol–water partition coefficient (Wildman–Crippen LogP) is 23.6. The number of rotatable bonds is 7. The van der Waals surface area contributed by atoms with Gasteiger partial charge in [0.15, 0.2) is 5.82 Å². The largest absolute Gasteiger partial charge is 0.309 e. The summed E-state index contributed by atoms with van der Waals surface area (Å²) in [6, 6.07) is 112. The highest BCUT2D eigenvalue weighted by molar-refractivity contribution is 6.15. The summed E-state index contributed by atoms with van der Waals surface area (Å²) < 4.78 is 9.67. The molecule has 0 unspecified atom stereocenters. The minimum Gasteiger partial charge on any atom is -0.309 e. The Hall–Kier alpha value is -12.4. The van der Waals surface area contributed by atoms with Crippen LogP contribution >= 0.6 is 0 Å². The molecule has 0 aliphatic heterocycles. The van der Waals surface area contributed by atoms with E-state index in [4.69, 9.17) is 9.97 Å². The van der Waals surface area contributed by atoms with E-state index < -0.39 is 0 Å². The summed E-state index contributed by atoms with van der Waals surface area (Å²) >= 11 is 0. The molecule has 0 amide bonds. The predicted molar refractivity (Wildman–Crippen MR) is 408 cm³/mol. The summed E-state index contributed by atoms with van der Waals surface area (Å²) in [5.41, 5.74) is 29.8. The van der Waals surface area contributed by atoms with Crippen molar-refractivity contribution in [1.82, 2.24) is 28.2 Å². The van der Waals surface area contributed by atoms with E-state index in [-0.39, 0.29) is 10.8 Å². The molecular weight excluding hydrogens is 1190 g/mol. The van der Waals surface area contributed by atoms with Crippen molar-refractivity contribution in [3.63, 3.8) is 0 Å². The molecule has 0 atom stereocenters. The number of benzene rings is 14. The lowest BCUT2D eigenvalue weighted by Crippen LogP contribution is -2.15. The molecule has 5 aromatic heterocycles. The van der Waals surface area contributed by atoms with Crippen LogP contribution in [0.1, 0.15) is 49.9 Å².